The van der Waals surface area contributed by atoms with E-state index in [1.165, 1.54) is 18.9 Å². The topological polar surface area (TPSA) is 9.23 Å². The van der Waals surface area contributed by atoms with Crippen LogP contribution in [0.4, 0.5) is 13.2 Å². The van der Waals surface area contributed by atoms with Crippen molar-refractivity contribution in [1.82, 2.24) is 0 Å². The highest BCUT2D eigenvalue weighted by molar-refractivity contribution is 5.64. The van der Waals surface area contributed by atoms with Crippen LogP contribution in [0.3, 0.4) is 0 Å². The SMILES string of the molecule is COC1CCC(C2CCC(C(F)(F)Cc3ccc(-c4ccc(C)c(F)c4)cc3)CC2)CC1. The van der Waals surface area contributed by atoms with Crippen molar-refractivity contribution in [3.63, 3.8) is 0 Å². The fourth-order valence-electron chi connectivity index (χ4n) is 5.81. The minimum absolute atomic E-state index is 0.218. The summed E-state index contributed by atoms with van der Waals surface area (Å²) in [5.74, 6) is -2.17. The average Bonchev–Trinajstić information content (AvgIpc) is 2.81. The number of ether oxygens (including phenoxy) is 1. The Kier molecular flexibility index (Phi) is 7.29. The maximum absolute atomic E-state index is 15.1. The average molecular weight is 445 g/mol. The van der Waals surface area contributed by atoms with Crippen LogP contribution in [0.1, 0.15) is 62.5 Å². The molecule has 0 spiro atoms. The summed E-state index contributed by atoms with van der Waals surface area (Å²) in [5.41, 5.74) is 2.86. The van der Waals surface area contributed by atoms with E-state index in [0.717, 1.165) is 36.8 Å². The number of hydrogen-bond donors (Lipinski definition) is 0. The van der Waals surface area contributed by atoms with Crippen molar-refractivity contribution in [2.75, 3.05) is 7.11 Å². The molecule has 0 saturated heterocycles. The summed E-state index contributed by atoms with van der Waals surface area (Å²) in [6.45, 7) is 1.73. The summed E-state index contributed by atoms with van der Waals surface area (Å²) in [6, 6.07) is 12.3. The third kappa shape index (κ3) is 5.39. The third-order valence-corrected chi connectivity index (χ3v) is 7.99. The van der Waals surface area contributed by atoms with Gasteiger partial charge in [-0.1, -0.05) is 36.4 Å². The second-order valence-corrected chi connectivity index (χ2v) is 9.98. The number of hydrogen-bond acceptors (Lipinski definition) is 1. The zero-order chi connectivity index (χ0) is 22.7. The molecular weight excluding hydrogens is 409 g/mol. The van der Waals surface area contributed by atoms with Crippen molar-refractivity contribution in [2.45, 2.75) is 76.7 Å². The van der Waals surface area contributed by atoms with Crippen LogP contribution in [0.15, 0.2) is 42.5 Å². The summed E-state index contributed by atoms with van der Waals surface area (Å²) in [5, 5.41) is 0. The van der Waals surface area contributed by atoms with Crippen LogP contribution in [-0.4, -0.2) is 19.1 Å². The van der Waals surface area contributed by atoms with Crippen molar-refractivity contribution in [3.8, 4) is 11.1 Å². The Labute approximate surface area is 190 Å². The smallest absolute Gasteiger partial charge is 0.254 e. The van der Waals surface area contributed by atoms with E-state index in [1.807, 2.05) is 18.2 Å². The van der Waals surface area contributed by atoms with Crippen molar-refractivity contribution >= 4 is 0 Å². The number of alkyl halides is 2. The van der Waals surface area contributed by atoms with Crippen LogP contribution in [0, 0.1) is 30.5 Å². The molecule has 0 N–H and O–H groups in total. The second kappa shape index (κ2) is 9.99. The van der Waals surface area contributed by atoms with Gasteiger partial charge in [-0.25, -0.2) is 13.2 Å². The maximum Gasteiger partial charge on any atom is 0.254 e. The number of aryl methyl sites for hydroxylation is 1. The van der Waals surface area contributed by atoms with Gasteiger partial charge in [0.05, 0.1) is 6.10 Å². The molecule has 4 heteroatoms. The standard InChI is InChI=1S/C28H35F3O/c1-19-3-6-24(17-27(19)29)23-7-4-20(5-8-23)18-28(30,31)25-13-9-21(10-14-25)22-11-15-26(32-2)16-12-22/h3-8,17,21-22,25-26H,9-16,18H2,1-2H3. The quantitative estimate of drug-likeness (QED) is 0.439. The monoisotopic (exact) mass is 444 g/mol. The highest BCUT2D eigenvalue weighted by Gasteiger charge is 2.42. The first-order chi connectivity index (χ1) is 15.4. The van der Waals surface area contributed by atoms with E-state index >= 15 is 8.78 Å². The Bertz CT molecular complexity index is 876. The molecule has 174 valence electrons. The van der Waals surface area contributed by atoms with Crippen LogP contribution < -0.4 is 0 Å². The molecule has 0 atom stereocenters. The molecule has 0 bridgehead atoms. The molecule has 2 fully saturated rings. The van der Waals surface area contributed by atoms with Crippen LogP contribution in [0.2, 0.25) is 0 Å². The van der Waals surface area contributed by atoms with E-state index in [-0.39, 0.29) is 12.2 Å². The molecule has 0 amide bonds. The van der Waals surface area contributed by atoms with E-state index in [1.54, 1.807) is 32.2 Å². The first-order valence-corrected chi connectivity index (χ1v) is 12.1. The van der Waals surface area contributed by atoms with Gasteiger partial charge in [-0.05, 0) is 98.4 Å². The molecule has 2 aromatic rings. The molecule has 0 unspecified atom stereocenters. The molecule has 0 heterocycles. The molecule has 2 aliphatic carbocycles. The Balaban J connectivity index is 1.32. The van der Waals surface area contributed by atoms with Gasteiger partial charge < -0.3 is 4.74 Å². The summed E-state index contributed by atoms with van der Waals surface area (Å²) in [4.78, 5) is 0. The molecule has 2 aromatic carbocycles. The van der Waals surface area contributed by atoms with Crippen molar-refractivity contribution < 1.29 is 17.9 Å². The molecule has 1 nitrogen and oxygen atoms in total. The number of benzene rings is 2. The van der Waals surface area contributed by atoms with Gasteiger partial charge in [-0.2, -0.15) is 0 Å². The Morgan fingerprint density at radius 1 is 0.812 bits per heavy atom. The van der Waals surface area contributed by atoms with E-state index < -0.39 is 11.8 Å². The van der Waals surface area contributed by atoms with Crippen LogP contribution in [-0.2, 0) is 11.2 Å². The number of methoxy groups -OCH3 is 1. The van der Waals surface area contributed by atoms with Gasteiger partial charge in [-0.15, -0.1) is 0 Å². The van der Waals surface area contributed by atoms with E-state index in [4.69, 9.17) is 4.74 Å². The van der Waals surface area contributed by atoms with Crippen LogP contribution >= 0.6 is 0 Å². The van der Waals surface area contributed by atoms with Crippen molar-refractivity contribution in [2.24, 2.45) is 17.8 Å². The lowest BCUT2D eigenvalue weighted by molar-refractivity contribution is -0.0783. The van der Waals surface area contributed by atoms with Gasteiger partial charge in [0.1, 0.15) is 5.82 Å². The van der Waals surface area contributed by atoms with Crippen molar-refractivity contribution in [3.05, 3.63) is 59.4 Å². The second-order valence-electron chi connectivity index (χ2n) is 9.98. The largest absolute Gasteiger partial charge is 0.381 e. The zero-order valence-electron chi connectivity index (χ0n) is 19.3. The molecular formula is C28H35F3O. The minimum Gasteiger partial charge on any atom is -0.381 e. The lowest BCUT2D eigenvalue weighted by Crippen LogP contribution is -2.36. The number of halogens is 3. The summed E-state index contributed by atoms with van der Waals surface area (Å²) in [6.07, 6.45) is 7.88. The number of rotatable bonds is 6. The molecule has 2 aliphatic rings. The minimum atomic E-state index is -2.68. The van der Waals surface area contributed by atoms with E-state index in [0.29, 0.717) is 41.9 Å². The van der Waals surface area contributed by atoms with E-state index in [9.17, 15) is 4.39 Å². The lowest BCUT2D eigenvalue weighted by atomic mass is 9.69. The molecule has 0 aromatic heterocycles. The summed E-state index contributed by atoms with van der Waals surface area (Å²) >= 11 is 0. The Hall–Kier alpha value is -1.81. The van der Waals surface area contributed by atoms with Crippen LogP contribution in [0.5, 0.6) is 0 Å². The van der Waals surface area contributed by atoms with Gasteiger partial charge in [0.15, 0.2) is 0 Å². The maximum atomic E-state index is 15.1. The predicted molar refractivity (Wildman–Crippen MR) is 123 cm³/mol. The van der Waals surface area contributed by atoms with Crippen molar-refractivity contribution in [1.29, 1.82) is 0 Å². The molecule has 2 saturated carbocycles. The molecule has 32 heavy (non-hydrogen) atoms. The lowest BCUT2D eigenvalue weighted by Gasteiger charge is -2.39. The molecule has 0 radical (unpaired) electrons. The van der Waals surface area contributed by atoms with Gasteiger partial charge in [0.2, 0.25) is 0 Å². The first-order valence-electron chi connectivity index (χ1n) is 12.1. The Morgan fingerprint density at radius 2 is 1.38 bits per heavy atom. The normalized spacial score (nSPS) is 26.8. The Morgan fingerprint density at radius 3 is 1.94 bits per heavy atom. The molecule has 0 aliphatic heterocycles. The van der Waals surface area contributed by atoms with Crippen LogP contribution in [0.25, 0.3) is 11.1 Å². The third-order valence-electron chi connectivity index (χ3n) is 7.99. The predicted octanol–water partition coefficient (Wildman–Crippen LogP) is 7.99. The summed E-state index contributed by atoms with van der Waals surface area (Å²) < 4.78 is 49.6. The van der Waals surface area contributed by atoms with Gasteiger partial charge >= 0.3 is 0 Å². The van der Waals surface area contributed by atoms with Gasteiger partial charge in [0.25, 0.3) is 5.92 Å². The highest BCUT2D eigenvalue weighted by atomic mass is 19.3. The van der Waals surface area contributed by atoms with Gasteiger partial charge in [-0.3, -0.25) is 0 Å². The fraction of sp³-hybridized carbons (Fsp3) is 0.571. The van der Waals surface area contributed by atoms with E-state index in [2.05, 4.69) is 0 Å². The summed E-state index contributed by atoms with van der Waals surface area (Å²) in [7, 11) is 1.79. The zero-order valence-corrected chi connectivity index (χ0v) is 19.3. The highest BCUT2D eigenvalue weighted by Crippen LogP contribution is 2.45. The molecule has 4 rings (SSSR count). The fourth-order valence-corrected chi connectivity index (χ4v) is 5.81. The first kappa shape index (κ1) is 23.4. The van der Waals surface area contributed by atoms with Gasteiger partial charge in [0, 0.05) is 19.4 Å².